The second-order valence-electron chi connectivity index (χ2n) is 4.96. The van der Waals surface area contributed by atoms with Gasteiger partial charge in [-0.2, -0.15) is 13.2 Å². The molecular formula is C15H15F3N4O3. The Kier molecular flexibility index (Phi) is 5.63. The topological polar surface area (TPSA) is 96.3 Å². The number of alkyl halides is 3. The lowest BCUT2D eigenvalue weighted by Crippen LogP contribution is -2.42. The number of anilines is 1. The van der Waals surface area contributed by atoms with Crippen molar-refractivity contribution in [1.82, 2.24) is 15.8 Å². The van der Waals surface area contributed by atoms with Gasteiger partial charge in [0, 0.05) is 18.7 Å². The molecule has 0 aliphatic carbocycles. The number of amides is 3. The number of hydrogen-bond donors (Lipinski definition) is 3. The van der Waals surface area contributed by atoms with E-state index in [1.807, 2.05) is 6.07 Å². The number of hydrogen-bond acceptors (Lipinski definition) is 4. The van der Waals surface area contributed by atoms with Gasteiger partial charge in [0.15, 0.2) is 5.76 Å². The predicted molar refractivity (Wildman–Crippen MR) is 82.8 cm³/mol. The van der Waals surface area contributed by atoms with Crippen LogP contribution in [0.15, 0.2) is 34.9 Å². The highest BCUT2D eigenvalue weighted by molar-refractivity contribution is 5.94. The van der Waals surface area contributed by atoms with Gasteiger partial charge in [-0.25, -0.2) is 4.79 Å². The maximum Gasteiger partial charge on any atom is 0.471 e. The Morgan fingerprint density at radius 2 is 1.76 bits per heavy atom. The van der Waals surface area contributed by atoms with Crippen molar-refractivity contribution in [3.8, 4) is 11.3 Å². The highest BCUT2D eigenvalue weighted by Crippen LogP contribution is 2.29. The molecule has 0 fully saturated rings. The van der Waals surface area contributed by atoms with Crippen LogP contribution < -0.4 is 16.0 Å². The summed E-state index contributed by atoms with van der Waals surface area (Å²) in [5, 5.41) is 10.4. The Morgan fingerprint density at radius 1 is 1.12 bits per heavy atom. The van der Waals surface area contributed by atoms with E-state index in [0.717, 1.165) is 5.56 Å². The van der Waals surface area contributed by atoms with E-state index in [4.69, 9.17) is 4.52 Å². The van der Waals surface area contributed by atoms with Crippen LogP contribution in [-0.4, -0.2) is 36.4 Å². The molecule has 0 saturated carbocycles. The number of carbonyl (C=O) groups excluding carboxylic acids is 2. The molecule has 0 atom stereocenters. The lowest BCUT2D eigenvalue weighted by molar-refractivity contribution is -0.173. The fourth-order valence-electron chi connectivity index (χ4n) is 1.92. The van der Waals surface area contributed by atoms with E-state index in [9.17, 15) is 22.8 Å². The van der Waals surface area contributed by atoms with E-state index in [0.29, 0.717) is 17.1 Å². The van der Waals surface area contributed by atoms with Crippen molar-refractivity contribution in [2.45, 2.75) is 13.1 Å². The van der Waals surface area contributed by atoms with Crippen LogP contribution in [0.1, 0.15) is 5.76 Å². The van der Waals surface area contributed by atoms with Crippen molar-refractivity contribution in [3.05, 3.63) is 36.1 Å². The maximum atomic E-state index is 12.0. The zero-order valence-corrected chi connectivity index (χ0v) is 13.1. The van der Waals surface area contributed by atoms with Gasteiger partial charge in [0.2, 0.25) is 0 Å². The quantitative estimate of drug-likeness (QED) is 0.717. The van der Waals surface area contributed by atoms with E-state index >= 15 is 0 Å². The third kappa shape index (κ3) is 4.96. The fraction of sp³-hybridized carbons (Fsp3) is 0.267. The van der Waals surface area contributed by atoms with Crippen LogP contribution in [0.2, 0.25) is 0 Å². The number of halogens is 3. The van der Waals surface area contributed by atoms with Crippen LogP contribution in [-0.2, 0) is 4.79 Å². The van der Waals surface area contributed by atoms with E-state index in [1.54, 1.807) is 36.5 Å². The summed E-state index contributed by atoms with van der Waals surface area (Å²) in [7, 11) is 0. The molecule has 0 bridgehead atoms. The summed E-state index contributed by atoms with van der Waals surface area (Å²) in [5.74, 6) is -1.68. The number of nitrogens with one attached hydrogen (secondary N) is 3. The zero-order valence-electron chi connectivity index (χ0n) is 13.1. The molecule has 0 spiro atoms. The number of urea groups is 1. The molecule has 0 aliphatic heterocycles. The highest BCUT2D eigenvalue weighted by atomic mass is 19.4. The molecule has 134 valence electrons. The van der Waals surface area contributed by atoms with Crippen LogP contribution in [0.4, 0.5) is 23.7 Å². The van der Waals surface area contributed by atoms with Gasteiger partial charge in [-0.05, 0) is 6.92 Å². The normalized spacial score (nSPS) is 11.0. The largest absolute Gasteiger partial charge is 0.471 e. The van der Waals surface area contributed by atoms with E-state index in [1.165, 1.54) is 0 Å². The van der Waals surface area contributed by atoms with Crippen molar-refractivity contribution in [1.29, 1.82) is 0 Å². The van der Waals surface area contributed by atoms with Gasteiger partial charge >= 0.3 is 18.1 Å². The zero-order chi connectivity index (χ0) is 18.4. The molecule has 3 N–H and O–H groups in total. The molecule has 1 aromatic heterocycles. The Bertz CT molecular complexity index is 744. The molecule has 0 saturated heterocycles. The van der Waals surface area contributed by atoms with Crippen LogP contribution in [0.5, 0.6) is 0 Å². The van der Waals surface area contributed by atoms with Crippen LogP contribution >= 0.6 is 0 Å². The third-order valence-electron chi connectivity index (χ3n) is 3.10. The van der Waals surface area contributed by atoms with Crippen LogP contribution in [0.3, 0.4) is 0 Å². The summed E-state index contributed by atoms with van der Waals surface area (Å²) in [5.41, 5.74) is 1.51. The monoisotopic (exact) mass is 356 g/mol. The first-order valence-electron chi connectivity index (χ1n) is 7.20. The number of nitrogens with zero attached hydrogens (tertiary/aromatic N) is 1. The summed E-state index contributed by atoms with van der Waals surface area (Å²) < 4.78 is 41.1. The summed E-state index contributed by atoms with van der Waals surface area (Å²) in [4.78, 5) is 22.5. The maximum absolute atomic E-state index is 12.0. The minimum Gasteiger partial charge on any atom is -0.359 e. The number of aryl methyl sites for hydroxylation is 1. The first-order valence-corrected chi connectivity index (χ1v) is 7.20. The summed E-state index contributed by atoms with van der Waals surface area (Å²) in [6, 6.07) is 8.33. The Balaban J connectivity index is 1.89. The van der Waals surface area contributed by atoms with Gasteiger partial charge in [0.1, 0.15) is 11.4 Å². The fourth-order valence-corrected chi connectivity index (χ4v) is 1.92. The minimum absolute atomic E-state index is 0.182. The molecule has 1 heterocycles. The SMILES string of the molecule is Cc1onc(-c2ccccc2)c1NC(=O)NCCNC(=O)C(F)(F)F. The Labute approximate surface area is 140 Å². The standard InChI is InChI=1S/C15H15F3N4O3/c1-9-11(12(22-25-9)10-5-3-2-4-6-10)21-14(24)20-8-7-19-13(23)15(16,17)18/h2-6H,7-8H2,1H3,(H,19,23)(H2,20,21,24). The molecule has 2 rings (SSSR count). The first kappa shape index (κ1) is 18.3. The molecule has 2 aromatic rings. The molecular weight excluding hydrogens is 341 g/mol. The van der Waals surface area contributed by atoms with Crippen LogP contribution in [0, 0.1) is 6.92 Å². The number of benzene rings is 1. The summed E-state index contributed by atoms with van der Waals surface area (Å²) >= 11 is 0. The van der Waals surface area contributed by atoms with Crippen molar-refractivity contribution < 1.29 is 27.3 Å². The second-order valence-corrected chi connectivity index (χ2v) is 4.96. The second kappa shape index (κ2) is 7.69. The summed E-state index contributed by atoms with van der Waals surface area (Å²) in [6.45, 7) is 1.07. The first-order chi connectivity index (χ1) is 11.8. The Hall–Kier alpha value is -3.04. The lowest BCUT2D eigenvalue weighted by Gasteiger charge is -2.10. The number of aromatic nitrogens is 1. The molecule has 0 unspecified atom stereocenters. The van der Waals surface area contributed by atoms with E-state index in [2.05, 4.69) is 15.8 Å². The Morgan fingerprint density at radius 3 is 2.40 bits per heavy atom. The average molecular weight is 356 g/mol. The summed E-state index contributed by atoms with van der Waals surface area (Å²) in [6.07, 6.45) is -4.95. The predicted octanol–water partition coefficient (Wildman–Crippen LogP) is 2.45. The van der Waals surface area contributed by atoms with Crippen molar-refractivity contribution >= 4 is 17.6 Å². The molecule has 0 radical (unpaired) electrons. The minimum atomic E-state index is -4.95. The van der Waals surface area contributed by atoms with Gasteiger partial charge in [-0.1, -0.05) is 35.5 Å². The molecule has 3 amide bonds. The van der Waals surface area contributed by atoms with Crippen LogP contribution in [0.25, 0.3) is 11.3 Å². The molecule has 1 aromatic carbocycles. The van der Waals surface area contributed by atoms with Gasteiger partial charge in [0.25, 0.3) is 0 Å². The van der Waals surface area contributed by atoms with Gasteiger partial charge in [-0.3, -0.25) is 4.79 Å². The number of rotatable bonds is 5. The smallest absolute Gasteiger partial charge is 0.359 e. The van der Waals surface area contributed by atoms with Crippen molar-refractivity contribution in [2.75, 3.05) is 18.4 Å². The average Bonchev–Trinajstić information content (AvgIpc) is 2.92. The van der Waals surface area contributed by atoms with E-state index < -0.39 is 18.1 Å². The number of carbonyl (C=O) groups is 2. The molecule has 25 heavy (non-hydrogen) atoms. The highest BCUT2D eigenvalue weighted by Gasteiger charge is 2.38. The van der Waals surface area contributed by atoms with Gasteiger partial charge in [-0.15, -0.1) is 0 Å². The lowest BCUT2D eigenvalue weighted by atomic mass is 10.1. The van der Waals surface area contributed by atoms with Crippen molar-refractivity contribution in [2.24, 2.45) is 0 Å². The van der Waals surface area contributed by atoms with Gasteiger partial charge < -0.3 is 20.5 Å². The molecule has 10 heteroatoms. The third-order valence-corrected chi connectivity index (χ3v) is 3.10. The van der Waals surface area contributed by atoms with E-state index in [-0.39, 0.29) is 13.1 Å². The molecule has 7 nitrogen and oxygen atoms in total. The molecule has 0 aliphatic rings. The van der Waals surface area contributed by atoms with Crippen molar-refractivity contribution in [3.63, 3.8) is 0 Å². The van der Waals surface area contributed by atoms with Gasteiger partial charge in [0.05, 0.1) is 0 Å².